The molecule has 2 saturated heterocycles. The van der Waals surface area contributed by atoms with Crippen molar-refractivity contribution in [2.45, 2.75) is 38.8 Å². The largest absolute Gasteiger partial charge is 0.508 e. The standard InChI is InChI=1S/C26H32FN5O2S/c1-15-12-28-18(4)31(15)14-20(34)13-29-6-8-30(9-7-29)24-11-23-21(10-22(24)27)16(2)25(17(3)33)26-32(23)19(5)35-26/h10-12,19-20,33-34H,2-3,6-9,13-14H2,1,4-5H3. The van der Waals surface area contributed by atoms with Gasteiger partial charge in [0.15, 0.2) is 0 Å². The number of aliphatic hydroxyl groups is 2. The van der Waals surface area contributed by atoms with Gasteiger partial charge in [0.2, 0.25) is 0 Å². The van der Waals surface area contributed by atoms with Gasteiger partial charge in [0.05, 0.1) is 40.0 Å². The Morgan fingerprint density at radius 2 is 1.91 bits per heavy atom. The van der Waals surface area contributed by atoms with Crippen LogP contribution in [0.1, 0.15) is 24.0 Å². The zero-order valence-corrected chi connectivity index (χ0v) is 21.3. The van der Waals surface area contributed by atoms with E-state index in [-0.39, 0.29) is 17.0 Å². The summed E-state index contributed by atoms with van der Waals surface area (Å²) < 4.78 is 17.4. The van der Waals surface area contributed by atoms with Crippen molar-refractivity contribution >= 4 is 28.7 Å². The van der Waals surface area contributed by atoms with Crippen LogP contribution < -0.4 is 9.80 Å². The molecule has 2 atom stereocenters. The smallest absolute Gasteiger partial charge is 0.147 e. The van der Waals surface area contributed by atoms with Crippen molar-refractivity contribution in [2.24, 2.45) is 0 Å². The lowest BCUT2D eigenvalue weighted by Crippen LogP contribution is -2.49. The Morgan fingerprint density at radius 3 is 2.51 bits per heavy atom. The monoisotopic (exact) mass is 497 g/mol. The number of hydrogen-bond acceptors (Lipinski definition) is 7. The first kappa shape index (κ1) is 24.0. The summed E-state index contributed by atoms with van der Waals surface area (Å²) in [5, 5.41) is 21.9. The minimum Gasteiger partial charge on any atom is -0.508 e. The molecule has 1 aromatic carbocycles. The summed E-state index contributed by atoms with van der Waals surface area (Å²) in [6.07, 6.45) is 1.33. The van der Waals surface area contributed by atoms with Gasteiger partial charge in [0, 0.05) is 50.2 Å². The second kappa shape index (κ2) is 9.04. The van der Waals surface area contributed by atoms with E-state index in [4.69, 9.17) is 0 Å². The summed E-state index contributed by atoms with van der Waals surface area (Å²) >= 11 is 1.65. The van der Waals surface area contributed by atoms with E-state index in [0.717, 1.165) is 35.3 Å². The van der Waals surface area contributed by atoms with Crippen LogP contribution in [0, 0.1) is 19.7 Å². The van der Waals surface area contributed by atoms with Crippen molar-refractivity contribution in [3.63, 3.8) is 0 Å². The average molecular weight is 498 g/mol. The highest BCUT2D eigenvalue weighted by molar-refractivity contribution is 8.05. The van der Waals surface area contributed by atoms with Gasteiger partial charge in [-0.1, -0.05) is 24.9 Å². The maximum absolute atomic E-state index is 15.3. The van der Waals surface area contributed by atoms with E-state index < -0.39 is 6.10 Å². The number of fused-ring (bicyclic) bond motifs is 3. The van der Waals surface area contributed by atoms with Gasteiger partial charge in [-0.15, -0.1) is 0 Å². The van der Waals surface area contributed by atoms with Crippen molar-refractivity contribution in [2.75, 3.05) is 42.5 Å². The maximum atomic E-state index is 15.3. The van der Waals surface area contributed by atoms with E-state index in [1.54, 1.807) is 11.8 Å². The van der Waals surface area contributed by atoms with Crippen molar-refractivity contribution in [3.05, 3.63) is 70.7 Å². The Balaban J connectivity index is 1.28. The molecule has 0 aliphatic carbocycles. The molecule has 0 bridgehead atoms. The van der Waals surface area contributed by atoms with Crippen LogP contribution in [-0.4, -0.2) is 68.9 Å². The van der Waals surface area contributed by atoms with Gasteiger partial charge in [-0.05, 0) is 38.5 Å². The minimum absolute atomic E-state index is 0.0406. The first-order valence-corrected chi connectivity index (χ1v) is 12.8. The highest BCUT2D eigenvalue weighted by Gasteiger charge is 2.41. The fourth-order valence-corrected chi connectivity index (χ4v) is 6.48. The molecule has 5 rings (SSSR count). The van der Waals surface area contributed by atoms with Crippen molar-refractivity contribution < 1.29 is 14.6 Å². The number of nitrogens with zero attached hydrogens (tertiary/aromatic N) is 5. The van der Waals surface area contributed by atoms with E-state index >= 15 is 4.39 Å². The second-order valence-corrected chi connectivity index (χ2v) is 10.8. The van der Waals surface area contributed by atoms with Gasteiger partial charge in [-0.25, -0.2) is 9.37 Å². The number of rotatable bonds is 6. The molecule has 0 radical (unpaired) electrons. The molecular formula is C26H32FN5O2S. The maximum Gasteiger partial charge on any atom is 0.147 e. The minimum atomic E-state index is -0.495. The van der Waals surface area contributed by atoms with Crippen molar-refractivity contribution in [3.8, 4) is 0 Å². The Labute approximate surface area is 209 Å². The Kier molecular flexibility index (Phi) is 6.19. The van der Waals surface area contributed by atoms with Crippen molar-refractivity contribution in [1.29, 1.82) is 0 Å². The van der Waals surface area contributed by atoms with E-state index in [9.17, 15) is 10.2 Å². The number of thioether (sulfide) groups is 1. The zero-order valence-electron chi connectivity index (χ0n) is 20.5. The fraction of sp³-hybridized carbons (Fsp3) is 0.423. The Bertz CT molecular complexity index is 1210. The van der Waals surface area contributed by atoms with Gasteiger partial charge >= 0.3 is 0 Å². The number of aryl methyl sites for hydroxylation is 2. The topological polar surface area (TPSA) is 68.0 Å². The van der Waals surface area contributed by atoms with Crippen LogP contribution in [-0.2, 0) is 6.54 Å². The number of hydrogen-bond donors (Lipinski definition) is 2. The predicted molar refractivity (Wildman–Crippen MR) is 140 cm³/mol. The number of anilines is 2. The lowest BCUT2D eigenvalue weighted by Gasteiger charge is -2.48. The van der Waals surface area contributed by atoms with Gasteiger partial charge in [0.1, 0.15) is 17.4 Å². The number of benzene rings is 1. The van der Waals surface area contributed by atoms with Crippen LogP contribution in [0.5, 0.6) is 0 Å². The summed E-state index contributed by atoms with van der Waals surface area (Å²) in [6.45, 7) is 17.8. The number of halogens is 1. The molecule has 35 heavy (non-hydrogen) atoms. The highest BCUT2D eigenvalue weighted by atomic mass is 32.2. The fourth-order valence-electron chi connectivity index (χ4n) is 5.26. The van der Waals surface area contributed by atoms with Crippen LogP contribution >= 0.6 is 11.8 Å². The molecule has 2 N–H and O–H groups in total. The normalized spacial score (nSPS) is 21.1. The molecule has 7 nitrogen and oxygen atoms in total. The Morgan fingerprint density at radius 1 is 1.20 bits per heavy atom. The predicted octanol–water partition coefficient (Wildman–Crippen LogP) is 4.03. The molecule has 2 aromatic rings. The quantitative estimate of drug-likeness (QED) is 0.584. The van der Waals surface area contributed by atoms with E-state index in [0.29, 0.717) is 48.6 Å². The van der Waals surface area contributed by atoms with E-state index in [1.807, 2.05) is 30.7 Å². The summed E-state index contributed by atoms with van der Waals surface area (Å²) in [7, 11) is 0. The third kappa shape index (κ3) is 4.15. The number of aliphatic hydroxyl groups excluding tert-OH is 2. The van der Waals surface area contributed by atoms with E-state index in [2.05, 4.69) is 39.8 Å². The molecular weight excluding hydrogens is 465 g/mol. The molecule has 0 spiro atoms. The molecule has 4 heterocycles. The van der Waals surface area contributed by atoms with Gasteiger partial charge < -0.3 is 24.6 Å². The van der Waals surface area contributed by atoms with Gasteiger partial charge in [-0.3, -0.25) is 4.90 Å². The number of allylic oxidation sites excluding steroid dienone is 1. The summed E-state index contributed by atoms with van der Waals surface area (Å²) in [4.78, 5) is 10.7. The highest BCUT2D eigenvalue weighted by Crippen LogP contribution is 2.55. The molecule has 1 aromatic heterocycles. The van der Waals surface area contributed by atoms with Crippen LogP contribution in [0.15, 0.2) is 47.8 Å². The number of β-amino-alcohol motifs (C(OH)–C–C–N with tert-alkyl or cyclic N) is 1. The third-order valence-corrected chi connectivity index (χ3v) is 8.32. The molecule has 3 aliphatic heterocycles. The lowest BCUT2D eigenvalue weighted by atomic mass is 9.92. The van der Waals surface area contributed by atoms with Gasteiger partial charge in [-0.2, -0.15) is 0 Å². The molecule has 0 amide bonds. The number of imidazole rings is 1. The second-order valence-electron chi connectivity index (χ2n) is 9.51. The van der Waals surface area contributed by atoms with E-state index in [1.165, 1.54) is 6.07 Å². The van der Waals surface area contributed by atoms with Crippen molar-refractivity contribution in [1.82, 2.24) is 14.5 Å². The zero-order chi connectivity index (χ0) is 25.0. The molecule has 2 fully saturated rings. The molecule has 3 aliphatic rings. The molecule has 2 unspecified atom stereocenters. The van der Waals surface area contributed by atoms with Crippen LogP contribution in [0.4, 0.5) is 15.8 Å². The lowest BCUT2D eigenvalue weighted by molar-refractivity contribution is 0.0940. The van der Waals surface area contributed by atoms with Gasteiger partial charge in [0.25, 0.3) is 0 Å². The molecule has 0 saturated carbocycles. The summed E-state index contributed by atoms with van der Waals surface area (Å²) in [5.74, 6) is 0.568. The SMILES string of the molecule is C=C(O)C1=C2SC(C)N2c2cc(N3CCN(CC(O)Cn4c(C)cnc4C)CC3)c(F)cc2C1=C. The third-order valence-electron chi connectivity index (χ3n) is 7.15. The first-order chi connectivity index (χ1) is 16.7. The average Bonchev–Trinajstić information content (AvgIpc) is 3.11. The summed E-state index contributed by atoms with van der Waals surface area (Å²) in [5.41, 5.74) is 4.43. The van der Waals surface area contributed by atoms with Crippen LogP contribution in [0.25, 0.3) is 5.57 Å². The molecule has 9 heteroatoms. The Hall–Kier alpha value is -2.75. The van der Waals surface area contributed by atoms with Crippen LogP contribution in [0.3, 0.4) is 0 Å². The summed E-state index contributed by atoms with van der Waals surface area (Å²) in [6, 6.07) is 3.45. The van der Waals surface area contributed by atoms with Crippen LogP contribution in [0.2, 0.25) is 0 Å². The first-order valence-electron chi connectivity index (χ1n) is 11.9. The number of piperazine rings is 1. The molecule has 186 valence electrons. The number of aromatic nitrogens is 2.